The number of hydrogen-bond donors (Lipinski definition) is 10. The number of aromatic nitrogens is 2. The van der Waals surface area contributed by atoms with Crippen LogP contribution in [0.4, 0.5) is 0 Å². The Balaban J connectivity index is 0.00000672. The van der Waals surface area contributed by atoms with Crippen molar-refractivity contribution < 1.29 is 83.8 Å². The van der Waals surface area contributed by atoms with Gasteiger partial charge in [-0.15, -0.1) is 0 Å². The number of phosphoric ester groups is 1. The Hall–Kier alpha value is -6.62. The number of imidazole rings is 1. The maximum Gasteiger partial charge on any atom is 0.472 e. The summed E-state index contributed by atoms with van der Waals surface area (Å²) < 4.78 is 32.2. The van der Waals surface area contributed by atoms with E-state index in [-0.39, 0.29) is 101 Å². The molecule has 29 heteroatoms. The largest absolute Gasteiger partial charge is 0.472 e. The number of aliphatic imine (C=N–C) groups is 4. The molecule has 0 saturated carbocycles. The minimum atomic E-state index is -5.07. The Kier molecular flexibility index (Phi) is 22.4. The smallest absolute Gasteiger partial charge is 0.394 e. The number of allylic oxidation sites excluding steroid dienone is 6. The molecule has 6 aliphatic heterocycles. The summed E-state index contributed by atoms with van der Waals surface area (Å²) in [6.45, 7) is 19.0. The molecule has 507 valence electrons. The minimum Gasteiger partial charge on any atom is -0.394 e. The van der Waals surface area contributed by atoms with Crippen LogP contribution in [0.5, 0.6) is 0 Å². The van der Waals surface area contributed by atoms with E-state index in [9.17, 15) is 53.2 Å². The summed E-state index contributed by atoms with van der Waals surface area (Å²) in [5.41, 5.74) is 36.8. The number of nitrogens with two attached hydrogens (primary N) is 6. The van der Waals surface area contributed by atoms with Crippen molar-refractivity contribution >= 4 is 83.1 Å². The predicted octanol–water partition coefficient (Wildman–Crippen LogP) is 4.09. The molecule has 92 heavy (non-hydrogen) atoms. The maximum absolute atomic E-state index is 14.4. The number of rotatable bonds is 26. The van der Waals surface area contributed by atoms with Crippen molar-refractivity contribution in [3.63, 3.8) is 0 Å². The van der Waals surface area contributed by atoms with Crippen molar-refractivity contribution in [2.75, 3.05) is 13.2 Å². The van der Waals surface area contributed by atoms with Gasteiger partial charge < -0.3 is 71.6 Å². The average molecular weight is 1340 g/mol. The summed E-state index contributed by atoms with van der Waals surface area (Å²) in [5, 5.41) is 24.6. The van der Waals surface area contributed by atoms with Crippen LogP contribution in [0.2, 0.25) is 0 Å². The van der Waals surface area contributed by atoms with Crippen LogP contribution in [0.3, 0.4) is 0 Å². The second-order valence-electron chi connectivity index (χ2n) is 26.8. The molecular weight excluding hydrogens is 1250 g/mol. The predicted molar refractivity (Wildman–Crippen MR) is 341 cm³/mol. The number of amides is 7. The first-order valence-electron chi connectivity index (χ1n) is 30.4. The van der Waals surface area contributed by atoms with Crippen LogP contribution in [0.15, 0.2) is 72.7 Å². The van der Waals surface area contributed by atoms with E-state index >= 15 is 0 Å². The van der Waals surface area contributed by atoms with E-state index in [1.807, 2.05) is 66.7 Å². The van der Waals surface area contributed by atoms with Gasteiger partial charge in [0.25, 0.3) is 0 Å². The molecule has 1 aromatic carbocycles. The third kappa shape index (κ3) is 14.1. The van der Waals surface area contributed by atoms with Crippen molar-refractivity contribution in [1.29, 1.82) is 0 Å². The van der Waals surface area contributed by atoms with Crippen molar-refractivity contribution in [3.8, 4) is 0 Å². The van der Waals surface area contributed by atoms with Crippen molar-refractivity contribution in [2.45, 2.75) is 183 Å². The number of fused-ring (bicyclic) bond motifs is 6. The number of nitrogens with one attached hydrogen (secondary N) is 1. The summed E-state index contributed by atoms with van der Waals surface area (Å²) in [4.78, 5) is 131. The Bertz CT molecular complexity index is 3610. The number of aliphatic hydroxyl groups is 2. The van der Waals surface area contributed by atoms with E-state index in [0.29, 0.717) is 62.1 Å². The first-order chi connectivity index (χ1) is 41.8. The van der Waals surface area contributed by atoms with E-state index in [0.717, 1.165) is 11.1 Å². The van der Waals surface area contributed by atoms with Crippen molar-refractivity contribution in [1.82, 2.24) is 14.9 Å². The number of hydrogen-bond acceptors (Lipinski definition) is 18. The van der Waals surface area contributed by atoms with Gasteiger partial charge in [0.05, 0.1) is 47.2 Å². The molecule has 6 aliphatic rings. The van der Waals surface area contributed by atoms with Gasteiger partial charge >= 0.3 is 7.82 Å². The van der Waals surface area contributed by atoms with Crippen molar-refractivity contribution in [2.24, 2.45) is 99.7 Å². The maximum atomic E-state index is 14.4. The van der Waals surface area contributed by atoms with Crippen LogP contribution >= 0.6 is 7.82 Å². The zero-order chi connectivity index (χ0) is 66.7. The summed E-state index contributed by atoms with van der Waals surface area (Å²) in [5.74, 6) is -7.52. The van der Waals surface area contributed by atoms with E-state index in [4.69, 9.17) is 68.2 Å². The van der Waals surface area contributed by atoms with Crippen LogP contribution in [-0.4, -0.2) is 132 Å². The third-order valence-electron chi connectivity index (χ3n) is 20.2. The number of primary amides is 6. The second kappa shape index (κ2) is 27.8. The number of ether oxygens (including phenoxy) is 1. The summed E-state index contributed by atoms with van der Waals surface area (Å²) in [7, 11) is -5.07. The molecule has 2 aromatic rings. The Morgan fingerprint density at radius 3 is 1.88 bits per heavy atom. The van der Waals surface area contributed by atoms with Crippen LogP contribution in [0.1, 0.15) is 150 Å². The van der Waals surface area contributed by atoms with Gasteiger partial charge in [-0.25, -0.2) is 9.55 Å². The molecule has 16 N–H and O–H groups in total. The fourth-order valence-corrected chi connectivity index (χ4v) is 16.2. The van der Waals surface area contributed by atoms with Gasteiger partial charge in [-0.1, -0.05) is 34.6 Å². The van der Waals surface area contributed by atoms with Gasteiger partial charge in [-0.3, -0.25) is 62.6 Å². The molecule has 7 heterocycles. The van der Waals surface area contributed by atoms with Gasteiger partial charge in [0, 0.05) is 136 Å². The molecule has 0 aliphatic carbocycles. The number of benzene rings is 1. The SMILES string of the molecule is CC1=C2N=C(C=C3N=C(C(C)=C4N=C([C@H](CC(N)=O)[C@@]4(C)CCC(=O)NC[C@@H](C)OP(=O)(O)O[C@@H]4[C@@H](O)[C@H](n5cnc6cc(C)c(C)cc65)O[C@H]4CO)[C@]4(C)N=C1[C@@H](CCC(N)=O)[C@@]4(C)CC(N)=O)[C@@H](CCC(N)=O)C3(C)C)[C@H](CCC(N)=O)[C@@]2(C)CC(N)=O.[CH3-].[Co]. The normalized spacial score (nSPS) is 30.6. The van der Waals surface area contributed by atoms with Crippen LogP contribution in [-0.2, 0) is 68.7 Å². The minimum absolute atomic E-state index is 0. The fraction of sp³-hybridized carbons (Fsp3) is 0.603. The van der Waals surface area contributed by atoms with Crippen molar-refractivity contribution in [3.05, 3.63) is 71.3 Å². The average Bonchev–Trinajstić information content (AvgIpc) is 1.53. The number of aryl methyl sites for hydroxylation is 2. The van der Waals surface area contributed by atoms with Gasteiger partial charge in [-0.05, 0) is 108 Å². The number of aliphatic hydroxyl groups excluding tert-OH is 2. The van der Waals surface area contributed by atoms with E-state index in [2.05, 4.69) is 10.3 Å². The monoisotopic (exact) mass is 1340 g/mol. The number of nitrogens with zero attached hydrogens (tertiary/aromatic N) is 6. The quantitative estimate of drug-likeness (QED) is 0.0468. The first kappa shape index (κ1) is 74.4. The molecule has 1 unspecified atom stereocenters. The molecule has 8 rings (SSSR count). The molecule has 7 amide bonds. The molecule has 8 bridgehead atoms. The Morgan fingerprint density at radius 1 is 0.739 bits per heavy atom. The fourth-order valence-electron chi connectivity index (χ4n) is 15.0. The summed E-state index contributed by atoms with van der Waals surface area (Å²) in [6, 6.07) is 3.73. The van der Waals surface area contributed by atoms with Gasteiger partial charge in [0.2, 0.25) is 41.4 Å². The molecule has 1 saturated heterocycles. The molecule has 14 atom stereocenters. The summed E-state index contributed by atoms with van der Waals surface area (Å²) in [6.07, 6.45) is -4.63. The zero-order valence-corrected chi connectivity index (χ0v) is 56.4. The second-order valence-corrected chi connectivity index (χ2v) is 28.2. The summed E-state index contributed by atoms with van der Waals surface area (Å²) >= 11 is 0. The topological polar surface area (TPSA) is 460 Å². The number of phosphoric acid groups is 1. The molecule has 1 radical (unpaired) electrons. The zero-order valence-electron chi connectivity index (χ0n) is 54.5. The molecule has 27 nitrogen and oxygen atoms in total. The number of carbonyl (C=O) groups excluding carboxylic acids is 7. The van der Waals surface area contributed by atoms with E-state index in [1.165, 1.54) is 13.3 Å². The Morgan fingerprint density at radius 2 is 1.30 bits per heavy atom. The first-order valence-corrected chi connectivity index (χ1v) is 31.9. The van der Waals surface area contributed by atoms with Gasteiger partial charge in [0.15, 0.2) is 6.23 Å². The van der Waals surface area contributed by atoms with Crippen LogP contribution < -0.4 is 39.7 Å². The third-order valence-corrected chi connectivity index (χ3v) is 21.3. The molecule has 0 spiro atoms. The van der Waals surface area contributed by atoms with E-state index in [1.54, 1.807) is 25.3 Å². The van der Waals surface area contributed by atoms with Crippen LogP contribution in [0.25, 0.3) is 11.0 Å². The molecule has 1 aromatic heterocycles. The van der Waals surface area contributed by atoms with Gasteiger partial charge in [0.1, 0.15) is 23.9 Å². The molecular formula is C63H91CoN13O14P-. The standard InChI is InChI=1S/C62H88N13O14P.CH3.Co/c1-29-20-39-40(21-30(29)2)75(28-70-39)57-52(84)53(41(27-76)87-57)89-90(85,86)88-31(3)26-69-49(83)18-19-59(8)37(22-46(66)80)56-62(11)61(10,25-48(68)82)36(14-17-45(65)79)51(74-62)33(5)55-60(9,24-47(67)81)34(12-15-43(63)77)38(71-55)23-42-58(6,7)35(13-16-44(64)78)50(72-42)32(4)54(59)73-56;;/h20-21,23,28,31,34-37,41,52-53,57,76,84H,12-19,22,24-27H2,1-11H3,(H2,63,77)(H2,64,78)(H2,65,79)(H2,66,80)(H2,67,81)(H2,68,82)(H,69,83)(H,85,86);1H3;/q;-1;/t31-,34+,35-,36-,37+,41+,52-,53+,57-,59-,60-,61-,62+;;/m1../s1. The van der Waals surface area contributed by atoms with Crippen LogP contribution in [0, 0.1) is 66.6 Å². The van der Waals surface area contributed by atoms with E-state index < -0.39 is 137 Å². The van der Waals surface area contributed by atoms with Gasteiger partial charge in [-0.2, -0.15) is 0 Å². The molecule has 1 fully saturated rings. The number of carbonyl (C=O) groups is 7. The Labute approximate surface area is 546 Å².